The predicted molar refractivity (Wildman–Crippen MR) is 110 cm³/mol. The molecule has 3 rings (SSSR count). The monoisotopic (exact) mass is 331 g/mol. The molecule has 0 N–H and O–H groups in total. The first-order valence-corrected chi connectivity index (χ1v) is 9.80. The van der Waals surface area contributed by atoms with E-state index in [1.165, 1.54) is 38.4 Å². The van der Waals surface area contributed by atoms with Gasteiger partial charge in [-0.3, -0.25) is 0 Å². The molecule has 0 atom stereocenters. The minimum absolute atomic E-state index is 0.509. The van der Waals surface area contributed by atoms with Crippen LogP contribution < -0.4 is 10.6 Å². The second-order valence-corrected chi connectivity index (χ2v) is 8.38. The average molecular weight is 331 g/mol. The number of hydrogen-bond donors (Lipinski definition) is 0. The summed E-state index contributed by atoms with van der Waals surface area (Å²) in [6.45, 7) is 8.92. The Morgan fingerprint density at radius 2 is 1.04 bits per heavy atom. The maximum absolute atomic E-state index is 2.50. The van der Waals surface area contributed by atoms with E-state index in [0.717, 1.165) is 0 Å². The molecule has 0 saturated carbocycles. The molecular formula is C23H24P+. The van der Waals surface area contributed by atoms with Gasteiger partial charge in [0.15, 0.2) is 18.2 Å². The van der Waals surface area contributed by atoms with Crippen LogP contribution in [0.1, 0.15) is 27.8 Å². The largest absolute Gasteiger partial charge is 0.170 e. The molecule has 0 aliphatic carbocycles. The minimum atomic E-state index is -0.509. The SMILES string of the molecule is Cc1cc(C)c(C)c(C=[P+](c2ccccc2)c2ccccc2)c1C. The zero-order valence-electron chi connectivity index (χ0n) is 14.9. The fourth-order valence-corrected chi connectivity index (χ4v) is 5.27. The van der Waals surface area contributed by atoms with E-state index in [-0.39, 0.29) is 0 Å². The second kappa shape index (κ2) is 7.16. The van der Waals surface area contributed by atoms with Crippen molar-refractivity contribution < 1.29 is 0 Å². The van der Waals surface area contributed by atoms with Crippen LogP contribution in [0.4, 0.5) is 0 Å². The lowest BCUT2D eigenvalue weighted by Gasteiger charge is -2.11. The van der Waals surface area contributed by atoms with Crippen LogP contribution in [0.2, 0.25) is 0 Å². The smallest absolute Gasteiger partial charge is 0.0619 e. The first-order valence-electron chi connectivity index (χ1n) is 8.39. The van der Waals surface area contributed by atoms with Gasteiger partial charge >= 0.3 is 0 Å². The number of aryl methyl sites for hydroxylation is 2. The summed E-state index contributed by atoms with van der Waals surface area (Å²) in [4.78, 5) is 0. The average Bonchev–Trinajstić information content (AvgIpc) is 2.62. The van der Waals surface area contributed by atoms with Gasteiger partial charge in [-0.2, -0.15) is 0 Å². The van der Waals surface area contributed by atoms with Crippen LogP contribution in [-0.2, 0) is 0 Å². The summed E-state index contributed by atoms with van der Waals surface area (Å²) in [7, 11) is -0.509. The highest BCUT2D eigenvalue weighted by atomic mass is 31.1. The van der Waals surface area contributed by atoms with E-state index in [1.54, 1.807) is 0 Å². The summed E-state index contributed by atoms with van der Waals surface area (Å²) in [5.74, 6) is 2.50. The maximum atomic E-state index is 2.50. The highest BCUT2D eigenvalue weighted by molar-refractivity contribution is 7.72. The Hall–Kier alpha value is -2.17. The highest BCUT2D eigenvalue weighted by Gasteiger charge is 2.20. The van der Waals surface area contributed by atoms with Crippen molar-refractivity contribution in [3.63, 3.8) is 0 Å². The molecule has 120 valence electrons. The molecule has 3 aromatic rings. The first kappa shape index (κ1) is 16.7. The third-order valence-corrected chi connectivity index (χ3v) is 6.98. The third-order valence-electron chi connectivity index (χ3n) is 4.75. The van der Waals surface area contributed by atoms with E-state index in [0.29, 0.717) is 0 Å². The minimum Gasteiger partial charge on any atom is -0.0619 e. The number of hydrogen-bond acceptors (Lipinski definition) is 0. The van der Waals surface area contributed by atoms with E-state index >= 15 is 0 Å². The van der Waals surface area contributed by atoms with Crippen LogP contribution >= 0.6 is 7.55 Å². The molecule has 0 bridgehead atoms. The van der Waals surface area contributed by atoms with Crippen molar-refractivity contribution in [1.82, 2.24) is 0 Å². The summed E-state index contributed by atoms with van der Waals surface area (Å²) < 4.78 is 0. The topological polar surface area (TPSA) is 0 Å². The maximum Gasteiger partial charge on any atom is 0.170 e. The molecule has 0 aromatic heterocycles. The van der Waals surface area contributed by atoms with Crippen LogP contribution in [0.5, 0.6) is 0 Å². The first-order chi connectivity index (χ1) is 11.6. The molecule has 0 heterocycles. The van der Waals surface area contributed by atoms with E-state index in [2.05, 4.69) is 100 Å². The van der Waals surface area contributed by atoms with Crippen molar-refractivity contribution in [3.05, 3.63) is 94.5 Å². The van der Waals surface area contributed by atoms with E-state index in [9.17, 15) is 0 Å². The second-order valence-electron chi connectivity index (χ2n) is 6.34. The summed E-state index contributed by atoms with van der Waals surface area (Å²) in [5, 5.41) is 2.80. The van der Waals surface area contributed by atoms with Gasteiger partial charge in [0.2, 0.25) is 0 Å². The van der Waals surface area contributed by atoms with Crippen molar-refractivity contribution in [3.8, 4) is 0 Å². The summed E-state index contributed by atoms with van der Waals surface area (Å²) >= 11 is 0. The van der Waals surface area contributed by atoms with Crippen LogP contribution in [0.25, 0.3) is 0 Å². The number of benzene rings is 3. The van der Waals surface area contributed by atoms with E-state index in [4.69, 9.17) is 0 Å². The standard InChI is InChI=1S/C23H24P/c1-17-15-18(2)20(4)23(19(17)3)16-24(21-11-7-5-8-12-21)22-13-9-6-10-14-22/h5-16H,1-4H3/q+1. The molecule has 0 saturated heterocycles. The predicted octanol–water partition coefficient (Wildman–Crippen LogP) is 5.20. The Balaban J connectivity index is 2.27. The van der Waals surface area contributed by atoms with Gasteiger partial charge in [-0.15, -0.1) is 0 Å². The quantitative estimate of drug-likeness (QED) is 0.578. The van der Waals surface area contributed by atoms with Crippen molar-refractivity contribution in [2.24, 2.45) is 0 Å². The van der Waals surface area contributed by atoms with Crippen molar-refractivity contribution in [1.29, 1.82) is 0 Å². The Morgan fingerprint density at radius 3 is 1.46 bits per heavy atom. The van der Waals surface area contributed by atoms with Crippen LogP contribution in [0, 0.1) is 27.7 Å². The molecule has 0 aliphatic rings. The van der Waals surface area contributed by atoms with Gasteiger partial charge in [0, 0.05) is 5.56 Å². The fraction of sp³-hybridized carbons (Fsp3) is 0.174. The Morgan fingerprint density at radius 1 is 0.625 bits per heavy atom. The van der Waals surface area contributed by atoms with Gasteiger partial charge in [0.05, 0.1) is 0 Å². The zero-order valence-corrected chi connectivity index (χ0v) is 15.8. The lowest BCUT2D eigenvalue weighted by Crippen LogP contribution is -2.09. The Kier molecular flexibility index (Phi) is 4.97. The lowest BCUT2D eigenvalue weighted by atomic mass is 9.95. The molecule has 0 fully saturated rings. The lowest BCUT2D eigenvalue weighted by molar-refractivity contribution is 1.23. The molecule has 24 heavy (non-hydrogen) atoms. The van der Waals surface area contributed by atoms with Crippen LogP contribution in [0.15, 0.2) is 66.7 Å². The summed E-state index contributed by atoms with van der Waals surface area (Å²) in [6, 6.07) is 24.1. The van der Waals surface area contributed by atoms with Crippen molar-refractivity contribution >= 4 is 24.0 Å². The molecule has 0 unspecified atom stereocenters. The summed E-state index contributed by atoms with van der Waals surface area (Å²) in [6.07, 6.45) is 0. The molecule has 0 radical (unpaired) electrons. The molecule has 0 nitrogen and oxygen atoms in total. The van der Waals surface area contributed by atoms with Gasteiger partial charge in [-0.05, 0) is 74.2 Å². The molecule has 3 aromatic carbocycles. The number of rotatable bonds is 3. The third kappa shape index (κ3) is 3.35. The molecule has 0 aliphatic heterocycles. The van der Waals surface area contributed by atoms with E-state index in [1.807, 2.05) is 0 Å². The van der Waals surface area contributed by atoms with Crippen LogP contribution in [0.3, 0.4) is 0 Å². The van der Waals surface area contributed by atoms with Gasteiger partial charge in [0.1, 0.15) is 5.80 Å². The van der Waals surface area contributed by atoms with E-state index < -0.39 is 7.55 Å². The van der Waals surface area contributed by atoms with Gasteiger partial charge in [0.25, 0.3) is 0 Å². The van der Waals surface area contributed by atoms with Gasteiger partial charge in [-0.25, -0.2) is 0 Å². The summed E-state index contributed by atoms with van der Waals surface area (Å²) in [5.41, 5.74) is 6.96. The Labute approximate surface area is 146 Å². The van der Waals surface area contributed by atoms with Crippen molar-refractivity contribution in [2.45, 2.75) is 27.7 Å². The molecule has 1 heteroatoms. The molecule has 0 amide bonds. The van der Waals surface area contributed by atoms with Crippen molar-refractivity contribution in [2.75, 3.05) is 0 Å². The molecule has 0 spiro atoms. The zero-order chi connectivity index (χ0) is 17.1. The normalized spacial score (nSPS) is 10.5. The van der Waals surface area contributed by atoms with Gasteiger partial charge in [-0.1, -0.05) is 42.5 Å². The Bertz CT molecular complexity index is 807. The van der Waals surface area contributed by atoms with Crippen LogP contribution in [-0.4, -0.2) is 5.80 Å². The van der Waals surface area contributed by atoms with Gasteiger partial charge < -0.3 is 0 Å². The molecular weight excluding hydrogens is 307 g/mol. The highest BCUT2D eigenvalue weighted by Crippen LogP contribution is 2.27. The fourth-order valence-electron chi connectivity index (χ4n) is 3.05.